The molecule has 1 heterocycles. The molecule has 0 amide bonds. The second-order valence-electron chi connectivity index (χ2n) is 6.10. The van der Waals surface area contributed by atoms with Gasteiger partial charge in [-0.3, -0.25) is 4.99 Å². The van der Waals surface area contributed by atoms with Crippen molar-refractivity contribution >= 4 is 17.3 Å². The van der Waals surface area contributed by atoms with Crippen LogP contribution in [-0.2, 0) is 11.8 Å². The monoisotopic (exact) mass is 331 g/mol. The number of thiophene rings is 1. The van der Waals surface area contributed by atoms with Crippen LogP contribution in [0.25, 0.3) is 0 Å². The zero-order valence-corrected chi connectivity index (χ0v) is 13.9. The third-order valence-electron chi connectivity index (χ3n) is 4.58. The van der Waals surface area contributed by atoms with Crippen molar-refractivity contribution in [2.24, 2.45) is 10.7 Å². The van der Waals surface area contributed by atoms with Gasteiger partial charge in [0.15, 0.2) is 5.96 Å². The summed E-state index contributed by atoms with van der Waals surface area (Å²) in [6, 6.07) is 11.0. The van der Waals surface area contributed by atoms with Crippen molar-refractivity contribution in [3.63, 3.8) is 0 Å². The molecule has 0 spiro atoms. The number of aliphatic imine (C=N–C) groups is 1. The van der Waals surface area contributed by atoms with Crippen molar-refractivity contribution in [2.45, 2.75) is 31.1 Å². The molecule has 0 unspecified atom stereocenters. The first kappa shape index (κ1) is 16.0. The van der Waals surface area contributed by atoms with Gasteiger partial charge in [-0.05, 0) is 48.4 Å². The fourth-order valence-electron chi connectivity index (χ4n) is 3.01. The number of hydrogen-bond acceptors (Lipinski definition) is 2. The third-order valence-corrected chi connectivity index (χ3v) is 5.51. The van der Waals surface area contributed by atoms with Crippen molar-refractivity contribution in [3.8, 4) is 0 Å². The van der Waals surface area contributed by atoms with Crippen LogP contribution < -0.4 is 11.1 Å². The van der Waals surface area contributed by atoms with Crippen LogP contribution in [0.3, 0.4) is 0 Å². The van der Waals surface area contributed by atoms with E-state index in [1.54, 1.807) is 11.3 Å². The van der Waals surface area contributed by atoms with Crippen LogP contribution in [-0.4, -0.2) is 19.0 Å². The first-order valence-electron chi connectivity index (χ1n) is 8.00. The van der Waals surface area contributed by atoms with E-state index in [1.807, 2.05) is 12.1 Å². The van der Waals surface area contributed by atoms with Crippen molar-refractivity contribution < 1.29 is 4.39 Å². The zero-order chi connectivity index (χ0) is 16.1. The Bertz CT molecular complexity index is 645. The average molecular weight is 331 g/mol. The van der Waals surface area contributed by atoms with Gasteiger partial charge in [0.2, 0.25) is 0 Å². The Morgan fingerprint density at radius 1 is 1.26 bits per heavy atom. The van der Waals surface area contributed by atoms with Crippen LogP contribution in [0.4, 0.5) is 4.39 Å². The smallest absolute Gasteiger partial charge is 0.188 e. The quantitative estimate of drug-likeness (QED) is 0.629. The largest absolute Gasteiger partial charge is 0.370 e. The van der Waals surface area contributed by atoms with Crippen molar-refractivity contribution in [1.29, 1.82) is 0 Å². The number of guanidine groups is 1. The lowest BCUT2D eigenvalue weighted by Crippen LogP contribution is -2.40. The Kier molecular flexibility index (Phi) is 4.96. The Hall–Kier alpha value is -1.88. The Morgan fingerprint density at radius 3 is 2.65 bits per heavy atom. The first-order chi connectivity index (χ1) is 11.2. The summed E-state index contributed by atoms with van der Waals surface area (Å²) in [6.07, 6.45) is 4.32. The van der Waals surface area contributed by atoms with Crippen LogP contribution >= 0.6 is 11.3 Å². The molecule has 23 heavy (non-hydrogen) atoms. The topological polar surface area (TPSA) is 50.4 Å². The molecule has 1 aromatic carbocycles. The molecule has 2 aromatic rings. The minimum Gasteiger partial charge on any atom is -0.370 e. The number of hydrogen-bond donors (Lipinski definition) is 2. The molecular formula is C18H22FN3S. The van der Waals surface area contributed by atoms with Crippen LogP contribution in [0.5, 0.6) is 0 Å². The van der Waals surface area contributed by atoms with Gasteiger partial charge in [-0.25, -0.2) is 4.39 Å². The lowest BCUT2D eigenvalue weighted by molar-refractivity contribution is 0.253. The number of halogens is 1. The summed E-state index contributed by atoms with van der Waals surface area (Å²) in [5.41, 5.74) is 7.19. The highest BCUT2D eigenvalue weighted by molar-refractivity contribution is 7.09. The highest BCUT2D eigenvalue weighted by Gasteiger charge is 2.38. The molecule has 3 nitrogen and oxygen atoms in total. The summed E-state index contributed by atoms with van der Waals surface area (Å²) in [4.78, 5) is 5.87. The number of nitrogens with two attached hydrogens (primary N) is 1. The molecule has 3 rings (SSSR count). The fourth-order valence-corrected chi connectivity index (χ4v) is 3.72. The summed E-state index contributed by atoms with van der Waals surface area (Å²) in [7, 11) is 0. The molecule has 1 aromatic heterocycles. The molecule has 0 atom stereocenters. The maximum absolute atomic E-state index is 13.1. The van der Waals surface area contributed by atoms with Crippen molar-refractivity contribution in [2.75, 3.05) is 13.1 Å². The summed E-state index contributed by atoms with van der Waals surface area (Å²) >= 11 is 1.75. The number of rotatable bonds is 6. The lowest BCUT2D eigenvalue weighted by atomic mass is 9.64. The Morgan fingerprint density at radius 2 is 2.04 bits per heavy atom. The zero-order valence-electron chi connectivity index (χ0n) is 13.1. The molecule has 0 bridgehead atoms. The van der Waals surface area contributed by atoms with Crippen LogP contribution in [0.2, 0.25) is 0 Å². The van der Waals surface area contributed by atoms with E-state index in [9.17, 15) is 4.39 Å². The minimum absolute atomic E-state index is 0.0355. The minimum atomic E-state index is -0.193. The summed E-state index contributed by atoms with van der Waals surface area (Å²) in [5, 5.41) is 5.26. The predicted octanol–water partition coefficient (Wildman–Crippen LogP) is 3.46. The van der Waals surface area contributed by atoms with E-state index in [0.717, 1.165) is 25.8 Å². The molecular weight excluding hydrogens is 309 g/mol. The lowest BCUT2D eigenvalue weighted by Gasteiger charge is -2.41. The molecule has 1 aliphatic carbocycles. The van der Waals surface area contributed by atoms with E-state index in [-0.39, 0.29) is 11.2 Å². The number of nitrogens with zero attached hydrogens (tertiary/aromatic N) is 1. The van der Waals surface area contributed by atoms with Crippen molar-refractivity contribution in [3.05, 3.63) is 58.0 Å². The molecule has 0 saturated heterocycles. The van der Waals surface area contributed by atoms with Gasteiger partial charge in [0.05, 0.1) is 6.54 Å². The number of benzene rings is 1. The fraction of sp³-hybridized carbons (Fsp3) is 0.389. The highest BCUT2D eigenvalue weighted by atomic mass is 32.1. The average Bonchev–Trinajstić information content (AvgIpc) is 3.01. The van der Waals surface area contributed by atoms with Gasteiger partial charge in [0.1, 0.15) is 5.82 Å². The Balaban J connectivity index is 1.55. The SMILES string of the molecule is NC(=NCC1(c2ccc(F)cc2)CCC1)NCCc1cccs1. The summed E-state index contributed by atoms with van der Waals surface area (Å²) in [5.74, 6) is 0.302. The molecule has 122 valence electrons. The molecule has 1 aliphatic rings. The Labute approximate surface area is 140 Å². The second kappa shape index (κ2) is 7.13. The van der Waals surface area contributed by atoms with E-state index in [0.29, 0.717) is 12.5 Å². The van der Waals surface area contributed by atoms with Gasteiger partial charge in [-0.15, -0.1) is 11.3 Å². The van der Waals surface area contributed by atoms with Gasteiger partial charge in [0.25, 0.3) is 0 Å². The maximum atomic E-state index is 13.1. The van der Waals surface area contributed by atoms with Crippen molar-refractivity contribution in [1.82, 2.24) is 5.32 Å². The van der Waals surface area contributed by atoms with Gasteiger partial charge in [-0.1, -0.05) is 24.6 Å². The van der Waals surface area contributed by atoms with Gasteiger partial charge in [-0.2, -0.15) is 0 Å². The second-order valence-corrected chi connectivity index (χ2v) is 7.13. The standard InChI is InChI=1S/C18H22FN3S/c19-15-6-4-14(5-7-15)18(9-2-10-18)13-22-17(20)21-11-8-16-3-1-12-23-16/h1,3-7,12H,2,8-11,13H2,(H3,20,21,22). The highest BCUT2D eigenvalue weighted by Crippen LogP contribution is 2.43. The third kappa shape index (κ3) is 3.91. The summed E-state index contributed by atoms with van der Waals surface area (Å²) < 4.78 is 13.1. The molecule has 1 saturated carbocycles. The number of nitrogens with one attached hydrogen (secondary N) is 1. The van der Waals surface area contributed by atoms with Crippen LogP contribution in [0.1, 0.15) is 29.7 Å². The predicted molar refractivity (Wildman–Crippen MR) is 94.4 cm³/mol. The van der Waals surface area contributed by atoms with Gasteiger partial charge >= 0.3 is 0 Å². The maximum Gasteiger partial charge on any atom is 0.188 e. The van der Waals surface area contributed by atoms with E-state index in [4.69, 9.17) is 5.73 Å². The van der Waals surface area contributed by atoms with Gasteiger partial charge in [0, 0.05) is 16.8 Å². The molecule has 3 N–H and O–H groups in total. The van der Waals surface area contributed by atoms with E-state index >= 15 is 0 Å². The first-order valence-corrected chi connectivity index (χ1v) is 8.88. The van der Waals surface area contributed by atoms with E-state index < -0.39 is 0 Å². The van der Waals surface area contributed by atoms with Crippen LogP contribution in [0, 0.1) is 5.82 Å². The molecule has 0 radical (unpaired) electrons. The molecule has 1 fully saturated rings. The molecule has 0 aliphatic heterocycles. The normalized spacial score (nSPS) is 16.8. The van der Waals surface area contributed by atoms with Gasteiger partial charge < -0.3 is 11.1 Å². The van der Waals surface area contributed by atoms with Crippen LogP contribution in [0.15, 0.2) is 46.8 Å². The van der Waals surface area contributed by atoms with E-state index in [2.05, 4.69) is 27.8 Å². The molecule has 5 heteroatoms. The van der Waals surface area contributed by atoms with E-state index in [1.165, 1.54) is 29.0 Å². The summed E-state index contributed by atoms with van der Waals surface area (Å²) in [6.45, 7) is 1.45.